The van der Waals surface area contributed by atoms with Gasteiger partial charge in [-0.2, -0.15) is 13.2 Å². The number of carbonyl (C=O) groups is 1. The van der Waals surface area contributed by atoms with Crippen molar-refractivity contribution in [3.8, 4) is 0 Å². The lowest BCUT2D eigenvalue weighted by Crippen LogP contribution is -2.51. The van der Waals surface area contributed by atoms with Crippen LogP contribution in [0.15, 0.2) is 24.3 Å². The fourth-order valence-corrected chi connectivity index (χ4v) is 2.40. The Hall–Kier alpha value is -2.32. The largest absolute Gasteiger partial charge is 0.431 e. The number of rotatable bonds is 4. The number of primary amides is 1. The molecule has 1 aromatic rings. The average molecular weight is 334 g/mol. The van der Waals surface area contributed by atoms with Gasteiger partial charge in [0.2, 0.25) is 12.1 Å². The Morgan fingerprint density at radius 1 is 1.22 bits per heavy atom. The van der Waals surface area contributed by atoms with E-state index in [9.17, 15) is 28.1 Å². The summed E-state index contributed by atoms with van der Waals surface area (Å²) in [5.41, 5.74) is -0.0326. The molecule has 9 heteroatoms. The third-order valence-electron chi connectivity index (χ3n) is 3.51. The maximum absolute atomic E-state index is 13.3. The van der Waals surface area contributed by atoms with E-state index in [1.165, 1.54) is 26.8 Å². The molecule has 6 nitrogen and oxygen atoms in total. The van der Waals surface area contributed by atoms with Crippen LogP contribution < -0.4 is 5.73 Å². The summed E-state index contributed by atoms with van der Waals surface area (Å²) in [6.07, 6.45) is -6.16. The van der Waals surface area contributed by atoms with E-state index in [1.807, 2.05) is 0 Å². The highest BCUT2D eigenvalue weighted by Gasteiger charge is 2.55. The van der Waals surface area contributed by atoms with Gasteiger partial charge < -0.3 is 10.5 Å². The molecule has 0 spiro atoms. The minimum Gasteiger partial charge on any atom is -0.431 e. The van der Waals surface area contributed by atoms with Crippen LogP contribution in [-0.4, -0.2) is 17.6 Å². The zero-order valence-corrected chi connectivity index (χ0v) is 12.8. The second-order valence-corrected chi connectivity index (χ2v) is 6.03. The standard InChI is InChI=1S/C14H17F3N2O4/c1-12(2,3)13(8-19(21)22,23-11(18)20)9-6-4-5-7-10(9)14(15,16)17/h4-7H,8H2,1-3H3,(H2,18,20). The second kappa shape index (κ2) is 6.05. The van der Waals surface area contributed by atoms with Crippen molar-refractivity contribution in [1.82, 2.24) is 0 Å². The van der Waals surface area contributed by atoms with Crippen molar-refractivity contribution in [3.05, 3.63) is 45.5 Å². The molecule has 0 aliphatic carbocycles. The Morgan fingerprint density at radius 3 is 2.04 bits per heavy atom. The first-order valence-electron chi connectivity index (χ1n) is 6.58. The lowest BCUT2D eigenvalue weighted by Gasteiger charge is -2.41. The highest BCUT2D eigenvalue weighted by molar-refractivity contribution is 5.66. The van der Waals surface area contributed by atoms with Crippen LogP contribution in [0.2, 0.25) is 0 Å². The van der Waals surface area contributed by atoms with Crippen LogP contribution in [0.3, 0.4) is 0 Å². The molecule has 0 aromatic heterocycles. The van der Waals surface area contributed by atoms with Gasteiger partial charge in [-0.3, -0.25) is 10.1 Å². The van der Waals surface area contributed by atoms with E-state index in [-0.39, 0.29) is 0 Å². The predicted molar refractivity (Wildman–Crippen MR) is 75.1 cm³/mol. The van der Waals surface area contributed by atoms with E-state index in [0.717, 1.165) is 18.2 Å². The summed E-state index contributed by atoms with van der Waals surface area (Å²) < 4.78 is 44.8. The molecule has 128 valence electrons. The molecular formula is C14H17F3N2O4. The number of carbonyl (C=O) groups excluding carboxylic acids is 1. The van der Waals surface area contributed by atoms with Crippen molar-refractivity contribution in [2.24, 2.45) is 11.1 Å². The maximum atomic E-state index is 13.3. The quantitative estimate of drug-likeness (QED) is 0.675. The smallest absolute Gasteiger partial charge is 0.416 e. The highest BCUT2D eigenvalue weighted by atomic mass is 19.4. The first-order chi connectivity index (χ1) is 10.3. The maximum Gasteiger partial charge on any atom is 0.416 e. The van der Waals surface area contributed by atoms with E-state index in [0.29, 0.717) is 0 Å². The molecule has 0 radical (unpaired) electrons. The monoisotopic (exact) mass is 334 g/mol. The number of nitro groups is 1. The van der Waals surface area contributed by atoms with Gasteiger partial charge in [0.1, 0.15) is 0 Å². The molecule has 1 unspecified atom stereocenters. The summed E-state index contributed by atoms with van der Waals surface area (Å²) in [5.74, 6) is 0. The van der Waals surface area contributed by atoms with Crippen LogP contribution in [0.4, 0.5) is 18.0 Å². The molecule has 0 saturated heterocycles. The van der Waals surface area contributed by atoms with Gasteiger partial charge in [-0.1, -0.05) is 39.0 Å². The first-order valence-corrected chi connectivity index (χ1v) is 6.58. The minimum absolute atomic E-state index is 0.504. The van der Waals surface area contributed by atoms with Crippen LogP contribution in [-0.2, 0) is 16.5 Å². The van der Waals surface area contributed by atoms with Gasteiger partial charge in [0.15, 0.2) is 0 Å². The Balaban J connectivity index is 3.77. The molecule has 2 N–H and O–H groups in total. The van der Waals surface area contributed by atoms with Gasteiger partial charge in [0, 0.05) is 15.9 Å². The molecular weight excluding hydrogens is 317 g/mol. The molecule has 0 aliphatic rings. The summed E-state index contributed by atoms with van der Waals surface area (Å²) in [6.45, 7) is 3.26. The molecule has 23 heavy (non-hydrogen) atoms. The Labute approximate surface area is 130 Å². The number of amides is 1. The number of halogens is 3. The first kappa shape index (κ1) is 18.7. The number of nitrogens with two attached hydrogens (primary N) is 1. The highest BCUT2D eigenvalue weighted by Crippen LogP contribution is 2.47. The van der Waals surface area contributed by atoms with Gasteiger partial charge in [-0.05, 0) is 6.07 Å². The predicted octanol–water partition coefficient (Wildman–Crippen LogP) is 3.32. The fourth-order valence-electron chi connectivity index (χ4n) is 2.40. The summed E-state index contributed by atoms with van der Waals surface area (Å²) in [6, 6.07) is 4.27. The van der Waals surface area contributed by atoms with Crippen molar-refractivity contribution in [2.75, 3.05) is 6.54 Å². The van der Waals surface area contributed by atoms with E-state index >= 15 is 0 Å². The molecule has 1 atom stereocenters. The second-order valence-electron chi connectivity index (χ2n) is 6.03. The van der Waals surface area contributed by atoms with E-state index < -0.39 is 45.9 Å². The summed E-state index contributed by atoms with van der Waals surface area (Å²) >= 11 is 0. The minimum atomic E-state index is -4.77. The van der Waals surface area contributed by atoms with E-state index in [2.05, 4.69) is 0 Å². The van der Waals surface area contributed by atoms with Crippen molar-refractivity contribution in [1.29, 1.82) is 0 Å². The number of hydrogen-bond acceptors (Lipinski definition) is 4. The summed E-state index contributed by atoms with van der Waals surface area (Å²) in [5, 5.41) is 11.1. The lowest BCUT2D eigenvalue weighted by molar-refractivity contribution is -0.507. The van der Waals surface area contributed by atoms with Crippen LogP contribution in [0, 0.1) is 15.5 Å². The zero-order valence-electron chi connectivity index (χ0n) is 12.8. The van der Waals surface area contributed by atoms with Crippen molar-refractivity contribution >= 4 is 6.09 Å². The number of nitrogens with zero attached hydrogens (tertiary/aromatic N) is 1. The number of benzene rings is 1. The van der Waals surface area contributed by atoms with Crippen molar-refractivity contribution in [2.45, 2.75) is 32.5 Å². The van der Waals surface area contributed by atoms with Crippen LogP contribution in [0.25, 0.3) is 0 Å². The van der Waals surface area contributed by atoms with Gasteiger partial charge in [-0.25, -0.2) is 4.79 Å². The molecule has 1 aromatic carbocycles. The van der Waals surface area contributed by atoms with Crippen LogP contribution in [0.5, 0.6) is 0 Å². The van der Waals surface area contributed by atoms with Crippen LogP contribution >= 0.6 is 0 Å². The molecule has 1 amide bonds. The van der Waals surface area contributed by atoms with Crippen molar-refractivity contribution < 1.29 is 27.6 Å². The number of hydrogen-bond donors (Lipinski definition) is 1. The van der Waals surface area contributed by atoms with E-state index in [1.54, 1.807) is 0 Å². The van der Waals surface area contributed by atoms with Gasteiger partial charge in [-0.15, -0.1) is 0 Å². The molecule has 0 heterocycles. The molecule has 0 aliphatic heterocycles. The fraction of sp³-hybridized carbons (Fsp3) is 0.500. The third-order valence-corrected chi connectivity index (χ3v) is 3.51. The van der Waals surface area contributed by atoms with Crippen molar-refractivity contribution in [3.63, 3.8) is 0 Å². The van der Waals surface area contributed by atoms with Gasteiger partial charge >= 0.3 is 12.3 Å². The van der Waals surface area contributed by atoms with Gasteiger partial charge in [0.05, 0.1) is 5.56 Å². The molecule has 1 rings (SSSR count). The SMILES string of the molecule is CC(C)(C)C(C[N+](=O)[O-])(OC(N)=O)c1ccccc1C(F)(F)F. The Kier molecular flexibility index (Phi) is 4.93. The zero-order chi connectivity index (χ0) is 18.1. The van der Waals surface area contributed by atoms with Crippen LogP contribution in [0.1, 0.15) is 31.9 Å². The summed E-state index contributed by atoms with van der Waals surface area (Å²) in [4.78, 5) is 21.5. The van der Waals surface area contributed by atoms with E-state index in [4.69, 9.17) is 10.5 Å². The Morgan fingerprint density at radius 2 is 1.70 bits per heavy atom. The number of ether oxygens (including phenoxy) is 1. The average Bonchev–Trinajstić information content (AvgIpc) is 2.34. The normalized spacial score (nSPS) is 14.9. The molecule has 0 saturated carbocycles. The topological polar surface area (TPSA) is 95.5 Å². The lowest BCUT2D eigenvalue weighted by atomic mass is 9.70. The Bertz CT molecular complexity index is 593. The molecule has 0 bridgehead atoms. The third kappa shape index (κ3) is 3.91. The van der Waals surface area contributed by atoms with Gasteiger partial charge in [0.25, 0.3) is 0 Å². The molecule has 0 fully saturated rings. The number of alkyl halides is 3. The summed E-state index contributed by atoms with van der Waals surface area (Å²) in [7, 11) is 0.